The topological polar surface area (TPSA) is 115 Å². The Bertz CT molecular complexity index is 1230. The quantitative estimate of drug-likeness (QED) is 0.418. The third-order valence-corrected chi connectivity index (χ3v) is 4.86. The number of hydrogen-bond donors (Lipinski definition) is 4. The summed E-state index contributed by atoms with van der Waals surface area (Å²) in [5.41, 5.74) is 3.63. The lowest BCUT2D eigenvalue weighted by Gasteiger charge is -2.29. The summed E-state index contributed by atoms with van der Waals surface area (Å²) in [5, 5.41) is 13.4. The van der Waals surface area contributed by atoms with Crippen LogP contribution in [0.4, 0.5) is 21.9 Å². The molecule has 150 valence electrons. The molecule has 3 heterocycles. The number of carbonyl (C=O) groups is 2. The van der Waals surface area contributed by atoms with Gasteiger partial charge in [0, 0.05) is 35.4 Å². The first-order chi connectivity index (χ1) is 14.7. The molecule has 9 heteroatoms. The maximum absolute atomic E-state index is 12.4. The minimum absolute atomic E-state index is 0.0626. The summed E-state index contributed by atoms with van der Waals surface area (Å²) in [6.45, 7) is 0.302. The van der Waals surface area contributed by atoms with Gasteiger partial charge in [0.15, 0.2) is 6.61 Å². The van der Waals surface area contributed by atoms with E-state index < -0.39 is 0 Å². The molecule has 30 heavy (non-hydrogen) atoms. The molecule has 0 unspecified atom stereocenters. The molecule has 0 fully saturated rings. The molecule has 4 N–H and O–H groups in total. The number of benzene rings is 2. The predicted octanol–water partition coefficient (Wildman–Crippen LogP) is 3.46. The SMILES string of the molecule is O=C(Nc1ccc2c(c1)OCC(=O)N2Cc1ccn[nH]1)Nc1ccc2cc[nH]c2c1. The molecule has 0 spiro atoms. The predicted molar refractivity (Wildman–Crippen MR) is 113 cm³/mol. The van der Waals surface area contributed by atoms with Gasteiger partial charge in [-0.05, 0) is 41.8 Å². The van der Waals surface area contributed by atoms with Crippen LogP contribution in [0, 0.1) is 0 Å². The van der Waals surface area contributed by atoms with Crippen molar-refractivity contribution in [3.05, 3.63) is 66.6 Å². The third-order valence-electron chi connectivity index (χ3n) is 4.86. The van der Waals surface area contributed by atoms with Crippen LogP contribution in [0.5, 0.6) is 5.75 Å². The van der Waals surface area contributed by atoms with E-state index in [1.165, 1.54) is 0 Å². The van der Waals surface area contributed by atoms with Crippen molar-refractivity contribution in [2.45, 2.75) is 6.54 Å². The van der Waals surface area contributed by atoms with Crippen molar-refractivity contribution in [1.29, 1.82) is 0 Å². The Hall–Kier alpha value is -4.27. The van der Waals surface area contributed by atoms with Crippen LogP contribution in [0.2, 0.25) is 0 Å². The lowest BCUT2D eigenvalue weighted by molar-refractivity contribution is -0.121. The zero-order valence-electron chi connectivity index (χ0n) is 15.8. The molecule has 9 nitrogen and oxygen atoms in total. The van der Waals surface area contributed by atoms with Gasteiger partial charge in [-0.1, -0.05) is 6.07 Å². The van der Waals surface area contributed by atoms with Crippen molar-refractivity contribution in [2.75, 3.05) is 22.1 Å². The van der Waals surface area contributed by atoms with Crippen molar-refractivity contribution >= 4 is 39.9 Å². The van der Waals surface area contributed by atoms with Gasteiger partial charge in [0.05, 0.1) is 17.9 Å². The molecule has 2 aromatic carbocycles. The fraction of sp³-hybridized carbons (Fsp3) is 0.0952. The number of nitrogens with one attached hydrogen (secondary N) is 4. The second kappa shape index (κ2) is 7.28. The number of H-pyrrole nitrogens is 2. The Morgan fingerprint density at radius 1 is 1.10 bits per heavy atom. The van der Waals surface area contributed by atoms with E-state index in [4.69, 9.17) is 4.74 Å². The van der Waals surface area contributed by atoms with Crippen molar-refractivity contribution < 1.29 is 14.3 Å². The highest BCUT2D eigenvalue weighted by Crippen LogP contribution is 2.35. The van der Waals surface area contributed by atoms with Gasteiger partial charge in [-0.3, -0.25) is 14.8 Å². The number of urea groups is 1. The number of amides is 3. The molecule has 3 amide bonds. The number of ether oxygens (including phenoxy) is 1. The Morgan fingerprint density at radius 3 is 2.77 bits per heavy atom. The minimum atomic E-state index is -0.373. The van der Waals surface area contributed by atoms with E-state index in [1.54, 1.807) is 29.3 Å². The van der Waals surface area contributed by atoms with Crippen LogP contribution in [-0.2, 0) is 11.3 Å². The van der Waals surface area contributed by atoms with Gasteiger partial charge in [-0.2, -0.15) is 5.10 Å². The Balaban J connectivity index is 1.31. The minimum Gasteiger partial charge on any atom is -0.481 e. The zero-order chi connectivity index (χ0) is 20.5. The van der Waals surface area contributed by atoms with Gasteiger partial charge in [-0.15, -0.1) is 0 Å². The summed E-state index contributed by atoms with van der Waals surface area (Å²) < 4.78 is 5.57. The Labute approximate surface area is 171 Å². The standard InChI is InChI=1S/C21H18N6O3/c28-20-12-30-19-10-15(3-4-18(19)27(20)11-16-6-8-23-26-16)25-21(29)24-14-2-1-13-5-7-22-17(13)9-14/h1-10,22H,11-12H2,(H,23,26)(H2,24,25,29). The summed E-state index contributed by atoms with van der Waals surface area (Å²) in [6.07, 6.45) is 3.49. The molecule has 5 rings (SSSR count). The second-order valence-corrected chi connectivity index (χ2v) is 6.89. The normalized spacial score (nSPS) is 13.1. The van der Waals surface area contributed by atoms with Gasteiger partial charge >= 0.3 is 6.03 Å². The van der Waals surface area contributed by atoms with Gasteiger partial charge in [0.1, 0.15) is 5.75 Å². The molecule has 2 aromatic heterocycles. The van der Waals surface area contributed by atoms with Gasteiger partial charge in [0.25, 0.3) is 5.91 Å². The van der Waals surface area contributed by atoms with Crippen molar-refractivity contribution in [3.63, 3.8) is 0 Å². The van der Waals surface area contributed by atoms with E-state index in [9.17, 15) is 9.59 Å². The van der Waals surface area contributed by atoms with Crippen LogP contribution in [-0.4, -0.2) is 33.7 Å². The first kappa shape index (κ1) is 17.8. The van der Waals surface area contributed by atoms with Gasteiger partial charge < -0.3 is 20.4 Å². The van der Waals surface area contributed by atoms with E-state index in [2.05, 4.69) is 25.8 Å². The lowest BCUT2D eigenvalue weighted by atomic mass is 10.2. The Kier molecular flexibility index (Phi) is 4.32. The highest BCUT2D eigenvalue weighted by atomic mass is 16.5. The van der Waals surface area contributed by atoms with E-state index >= 15 is 0 Å². The van der Waals surface area contributed by atoms with Crippen LogP contribution in [0.3, 0.4) is 0 Å². The molecule has 1 aliphatic rings. The maximum Gasteiger partial charge on any atom is 0.323 e. The number of fused-ring (bicyclic) bond motifs is 2. The van der Waals surface area contributed by atoms with E-state index in [-0.39, 0.29) is 18.5 Å². The molecule has 0 saturated carbocycles. The summed E-state index contributed by atoms with van der Waals surface area (Å²) in [5.74, 6) is 0.384. The number of anilines is 3. The molecular weight excluding hydrogens is 384 g/mol. The van der Waals surface area contributed by atoms with Gasteiger partial charge in [0.2, 0.25) is 0 Å². The summed E-state index contributed by atoms with van der Waals surface area (Å²) in [6, 6.07) is 14.2. The molecular formula is C21H18N6O3. The smallest absolute Gasteiger partial charge is 0.323 e. The average molecular weight is 402 g/mol. The van der Waals surface area contributed by atoms with Crippen LogP contribution in [0.1, 0.15) is 5.69 Å². The summed E-state index contributed by atoms with van der Waals surface area (Å²) >= 11 is 0. The number of aromatic amines is 2. The van der Waals surface area contributed by atoms with Crippen LogP contribution < -0.4 is 20.3 Å². The highest BCUT2D eigenvalue weighted by molar-refractivity contribution is 6.02. The fourth-order valence-corrected chi connectivity index (χ4v) is 3.42. The molecule has 0 saturated heterocycles. The monoisotopic (exact) mass is 402 g/mol. The molecule has 0 atom stereocenters. The molecule has 0 bridgehead atoms. The second-order valence-electron chi connectivity index (χ2n) is 6.89. The number of nitrogens with zero attached hydrogens (tertiary/aromatic N) is 2. The molecule has 4 aromatic rings. The van der Waals surface area contributed by atoms with Crippen molar-refractivity contribution in [3.8, 4) is 5.75 Å². The summed E-state index contributed by atoms with van der Waals surface area (Å²) in [4.78, 5) is 29.5. The number of rotatable bonds is 4. The van der Waals surface area contributed by atoms with Crippen LogP contribution >= 0.6 is 0 Å². The average Bonchev–Trinajstić information content (AvgIpc) is 3.41. The maximum atomic E-state index is 12.4. The van der Waals surface area contributed by atoms with Crippen molar-refractivity contribution in [2.24, 2.45) is 0 Å². The summed E-state index contributed by atoms with van der Waals surface area (Å²) in [7, 11) is 0. The van der Waals surface area contributed by atoms with E-state index in [1.807, 2.05) is 36.5 Å². The van der Waals surface area contributed by atoms with Crippen molar-refractivity contribution in [1.82, 2.24) is 15.2 Å². The lowest BCUT2D eigenvalue weighted by Crippen LogP contribution is -2.38. The van der Waals surface area contributed by atoms with Crippen LogP contribution in [0.25, 0.3) is 10.9 Å². The number of aromatic nitrogens is 3. The number of carbonyl (C=O) groups excluding carboxylic acids is 2. The first-order valence-electron chi connectivity index (χ1n) is 9.36. The van der Waals surface area contributed by atoms with E-state index in [0.29, 0.717) is 29.4 Å². The molecule has 0 radical (unpaired) electrons. The zero-order valence-corrected chi connectivity index (χ0v) is 15.8. The number of hydrogen-bond acceptors (Lipinski definition) is 4. The van der Waals surface area contributed by atoms with Crippen LogP contribution in [0.15, 0.2) is 60.9 Å². The van der Waals surface area contributed by atoms with E-state index in [0.717, 1.165) is 16.6 Å². The fourth-order valence-electron chi connectivity index (χ4n) is 3.42. The largest absolute Gasteiger partial charge is 0.481 e. The third kappa shape index (κ3) is 3.44. The highest BCUT2D eigenvalue weighted by Gasteiger charge is 2.26. The Morgan fingerprint density at radius 2 is 1.93 bits per heavy atom. The van der Waals surface area contributed by atoms with Gasteiger partial charge in [-0.25, -0.2) is 4.79 Å². The first-order valence-corrected chi connectivity index (χ1v) is 9.36. The molecule has 1 aliphatic heterocycles. The molecule has 0 aliphatic carbocycles.